The van der Waals surface area contributed by atoms with E-state index in [0.29, 0.717) is 18.4 Å². The molecule has 0 aromatic heterocycles. The molecule has 3 N–H and O–H groups in total. The molecule has 152 valence electrons. The van der Waals surface area contributed by atoms with Crippen LogP contribution in [0.4, 0.5) is 0 Å². The molecule has 0 unspecified atom stereocenters. The van der Waals surface area contributed by atoms with Crippen molar-refractivity contribution in [2.45, 2.75) is 51.7 Å². The molecule has 1 fully saturated rings. The predicted octanol–water partition coefficient (Wildman–Crippen LogP) is 5.13. The van der Waals surface area contributed by atoms with E-state index in [2.05, 4.69) is 73.7 Å². The quantitative estimate of drug-likeness (QED) is 0.647. The highest BCUT2D eigenvalue weighted by molar-refractivity contribution is 5.33. The zero-order valence-electron chi connectivity index (χ0n) is 17.4. The molecule has 0 radical (unpaired) electrons. The van der Waals surface area contributed by atoms with Crippen LogP contribution in [0.5, 0.6) is 0 Å². The van der Waals surface area contributed by atoms with Crippen molar-refractivity contribution in [2.75, 3.05) is 0 Å². The number of fused-ring (bicyclic) bond motifs is 1. The van der Waals surface area contributed by atoms with E-state index in [1.807, 2.05) is 0 Å². The molecule has 1 saturated carbocycles. The van der Waals surface area contributed by atoms with Gasteiger partial charge in [0.25, 0.3) is 0 Å². The fourth-order valence-electron chi connectivity index (χ4n) is 5.28. The lowest BCUT2D eigenvalue weighted by atomic mass is 9.88. The molecule has 0 bridgehead atoms. The summed E-state index contributed by atoms with van der Waals surface area (Å²) in [6.07, 6.45) is 11.9. The van der Waals surface area contributed by atoms with E-state index in [1.54, 1.807) is 0 Å². The Morgan fingerprint density at radius 1 is 1.10 bits per heavy atom. The molecule has 0 saturated heterocycles. The normalized spacial score (nSPS) is 26.1. The minimum Gasteiger partial charge on any atom is -0.392 e. The van der Waals surface area contributed by atoms with E-state index in [0.717, 1.165) is 32.1 Å². The fraction of sp³-hybridized carbons (Fsp3) is 0.407. The Balaban J connectivity index is 1.35. The summed E-state index contributed by atoms with van der Waals surface area (Å²) in [6.45, 7) is 2.74. The number of nitrogens with two attached hydrogens (primary N) is 1. The topological polar surface area (TPSA) is 46.2 Å². The van der Waals surface area contributed by atoms with Crippen LogP contribution in [0.25, 0.3) is 0 Å². The largest absolute Gasteiger partial charge is 0.392 e. The number of aliphatic hydroxyl groups is 1. The molecule has 29 heavy (non-hydrogen) atoms. The summed E-state index contributed by atoms with van der Waals surface area (Å²) in [4.78, 5) is 0. The highest BCUT2D eigenvalue weighted by Crippen LogP contribution is 2.48. The number of rotatable bonds is 7. The number of aliphatic hydroxyl groups excluding tert-OH is 1. The monoisotopic (exact) mass is 387 g/mol. The van der Waals surface area contributed by atoms with E-state index >= 15 is 0 Å². The van der Waals surface area contributed by atoms with Crippen LogP contribution in [-0.2, 0) is 19.4 Å². The van der Waals surface area contributed by atoms with Gasteiger partial charge in [-0.25, -0.2) is 0 Å². The average molecular weight is 388 g/mol. The van der Waals surface area contributed by atoms with Gasteiger partial charge in [-0.05, 0) is 67.6 Å². The Hall–Kier alpha value is -2.16. The first kappa shape index (κ1) is 20.1. The average Bonchev–Trinajstić information content (AvgIpc) is 3.22. The van der Waals surface area contributed by atoms with E-state index in [4.69, 9.17) is 5.73 Å². The Labute approximate surface area is 175 Å². The molecule has 2 nitrogen and oxygen atoms in total. The van der Waals surface area contributed by atoms with E-state index in [1.165, 1.54) is 27.8 Å². The van der Waals surface area contributed by atoms with E-state index in [-0.39, 0.29) is 12.0 Å². The maximum atomic E-state index is 10.6. The summed E-state index contributed by atoms with van der Waals surface area (Å²) in [5.41, 5.74) is 12.7. The molecular weight excluding hydrogens is 354 g/mol. The third-order valence-electron chi connectivity index (χ3n) is 6.75. The van der Waals surface area contributed by atoms with Crippen LogP contribution in [0.1, 0.15) is 41.5 Å². The summed E-state index contributed by atoms with van der Waals surface area (Å²) in [7, 11) is 0. The maximum Gasteiger partial charge on any atom is 0.0611 e. The Morgan fingerprint density at radius 3 is 2.72 bits per heavy atom. The van der Waals surface area contributed by atoms with Crippen molar-refractivity contribution in [3.63, 3.8) is 0 Å². The summed E-state index contributed by atoms with van der Waals surface area (Å²) >= 11 is 0. The predicted molar refractivity (Wildman–Crippen MR) is 120 cm³/mol. The summed E-state index contributed by atoms with van der Waals surface area (Å²) in [5.74, 6) is 1.37. The molecular formula is C27H33NO. The molecule has 2 aromatic carbocycles. The summed E-state index contributed by atoms with van der Waals surface area (Å²) < 4.78 is 0. The number of hydrogen-bond donors (Lipinski definition) is 2. The van der Waals surface area contributed by atoms with Gasteiger partial charge in [0.05, 0.1) is 6.10 Å². The van der Waals surface area contributed by atoms with Gasteiger partial charge in [-0.15, -0.1) is 0 Å². The van der Waals surface area contributed by atoms with Crippen molar-refractivity contribution in [3.8, 4) is 0 Å². The second kappa shape index (κ2) is 9.11. The first-order valence-corrected chi connectivity index (χ1v) is 11.0. The van der Waals surface area contributed by atoms with Gasteiger partial charge in [-0.2, -0.15) is 0 Å². The van der Waals surface area contributed by atoms with Crippen molar-refractivity contribution in [3.05, 3.63) is 94.6 Å². The smallest absolute Gasteiger partial charge is 0.0611 e. The van der Waals surface area contributed by atoms with Gasteiger partial charge in [0, 0.05) is 12.5 Å². The molecule has 0 heterocycles. The van der Waals surface area contributed by atoms with Crippen LogP contribution < -0.4 is 5.73 Å². The Morgan fingerprint density at radius 2 is 1.93 bits per heavy atom. The Kier molecular flexibility index (Phi) is 6.32. The van der Waals surface area contributed by atoms with Gasteiger partial charge in [0.1, 0.15) is 0 Å². The van der Waals surface area contributed by atoms with Gasteiger partial charge in [-0.1, -0.05) is 77.9 Å². The van der Waals surface area contributed by atoms with Crippen molar-refractivity contribution in [1.29, 1.82) is 0 Å². The number of benzene rings is 2. The number of hydrogen-bond acceptors (Lipinski definition) is 2. The van der Waals surface area contributed by atoms with Crippen LogP contribution in [-0.4, -0.2) is 11.2 Å². The number of allylic oxidation sites excluding steroid dienone is 3. The third kappa shape index (κ3) is 4.71. The van der Waals surface area contributed by atoms with Crippen LogP contribution in [0, 0.1) is 24.7 Å². The lowest BCUT2D eigenvalue weighted by Gasteiger charge is -2.18. The zero-order chi connectivity index (χ0) is 20.2. The summed E-state index contributed by atoms with van der Waals surface area (Å²) in [5, 5.41) is 10.6. The molecule has 4 rings (SSSR count). The van der Waals surface area contributed by atoms with Gasteiger partial charge >= 0.3 is 0 Å². The van der Waals surface area contributed by atoms with Crippen LogP contribution >= 0.6 is 0 Å². The van der Waals surface area contributed by atoms with Gasteiger partial charge < -0.3 is 10.8 Å². The van der Waals surface area contributed by atoms with Gasteiger partial charge in [0.15, 0.2) is 0 Å². The molecule has 2 aliphatic carbocycles. The van der Waals surface area contributed by atoms with Crippen LogP contribution in [0.3, 0.4) is 0 Å². The first-order chi connectivity index (χ1) is 14.1. The molecule has 0 amide bonds. The van der Waals surface area contributed by atoms with Gasteiger partial charge in [0.2, 0.25) is 0 Å². The van der Waals surface area contributed by atoms with Crippen molar-refractivity contribution < 1.29 is 5.11 Å². The molecule has 2 aliphatic rings. The minimum atomic E-state index is -0.200. The summed E-state index contributed by atoms with van der Waals surface area (Å²) in [6, 6.07) is 17.3. The van der Waals surface area contributed by atoms with Crippen LogP contribution in [0.2, 0.25) is 0 Å². The van der Waals surface area contributed by atoms with E-state index in [9.17, 15) is 5.11 Å². The molecule has 2 heteroatoms. The third-order valence-corrected chi connectivity index (χ3v) is 6.75. The zero-order valence-corrected chi connectivity index (χ0v) is 17.4. The molecule has 2 aromatic rings. The standard InChI is InChI=1S/C27H33NO/c1-19-7-6-9-20(13-19)8-2-5-12-25-26-16-21(15-24(26)17-27(25)29)14-22-10-3-4-11-23(22)18-28/h3-7,9-13,15,24-27,29H,2,8,14,16-18,28H2,1H3/b12-5+/t24-,25+,26-,27+/m0/s1. The molecule has 4 atom stereocenters. The first-order valence-electron chi connectivity index (χ1n) is 11.0. The Bertz CT molecular complexity index is 897. The molecule has 0 spiro atoms. The molecule has 0 aliphatic heterocycles. The van der Waals surface area contributed by atoms with Crippen molar-refractivity contribution in [2.24, 2.45) is 23.5 Å². The second-order valence-electron chi connectivity index (χ2n) is 8.84. The number of aryl methyl sites for hydroxylation is 2. The fourth-order valence-corrected chi connectivity index (χ4v) is 5.28. The van der Waals surface area contributed by atoms with Gasteiger partial charge in [-0.3, -0.25) is 0 Å². The SMILES string of the molecule is Cc1cccc(CC/C=C/[C@@H]2[C@H]3CC(Cc4ccccc4CN)=C[C@H]3C[C@H]2O)c1. The van der Waals surface area contributed by atoms with Crippen molar-refractivity contribution in [1.82, 2.24) is 0 Å². The van der Waals surface area contributed by atoms with E-state index < -0.39 is 0 Å². The lowest BCUT2D eigenvalue weighted by molar-refractivity contribution is 0.141. The minimum absolute atomic E-state index is 0.200. The van der Waals surface area contributed by atoms with Crippen LogP contribution in [0.15, 0.2) is 72.3 Å². The highest BCUT2D eigenvalue weighted by Gasteiger charge is 2.43. The maximum absolute atomic E-state index is 10.6. The van der Waals surface area contributed by atoms with Crippen molar-refractivity contribution >= 4 is 0 Å². The second-order valence-corrected chi connectivity index (χ2v) is 8.84. The lowest BCUT2D eigenvalue weighted by Crippen LogP contribution is -2.17. The highest BCUT2D eigenvalue weighted by atomic mass is 16.3.